The third kappa shape index (κ3) is 2.03. The number of carbonyl (C=O) groups excluding carboxylic acids is 1. The number of allylic oxidation sites excluding steroid dienone is 1. The van der Waals surface area contributed by atoms with Crippen LogP contribution in [0.15, 0.2) is 70.8 Å². The van der Waals surface area contributed by atoms with Gasteiger partial charge < -0.3 is 0 Å². The standard InChI is InChI=1S/C15H7BrO3S3/c16-8-5-6-10-11(7-8)21-15(20-10)14-13(17)9-3-1-2-4-12(9)22(14,18)19/h1-7H. The van der Waals surface area contributed by atoms with Gasteiger partial charge in [-0.1, -0.05) is 51.6 Å². The van der Waals surface area contributed by atoms with Crippen LogP contribution in [0.5, 0.6) is 0 Å². The molecule has 0 saturated heterocycles. The molecule has 3 nitrogen and oxygen atoms in total. The van der Waals surface area contributed by atoms with Gasteiger partial charge in [-0.25, -0.2) is 8.42 Å². The zero-order valence-corrected chi connectivity index (χ0v) is 14.9. The predicted octanol–water partition coefficient (Wildman–Crippen LogP) is 4.49. The lowest BCUT2D eigenvalue weighted by Gasteiger charge is -2.00. The number of fused-ring (bicyclic) bond motifs is 2. The second-order valence-electron chi connectivity index (χ2n) is 4.74. The van der Waals surface area contributed by atoms with Crippen LogP contribution in [0.3, 0.4) is 0 Å². The minimum absolute atomic E-state index is 0.0870. The summed E-state index contributed by atoms with van der Waals surface area (Å²) in [7, 11) is -3.73. The van der Waals surface area contributed by atoms with Crippen LogP contribution in [-0.2, 0) is 9.84 Å². The normalized spacial score (nSPS) is 21.8. The van der Waals surface area contributed by atoms with Gasteiger partial charge in [-0.05, 0) is 30.3 Å². The Morgan fingerprint density at radius 3 is 2.45 bits per heavy atom. The van der Waals surface area contributed by atoms with Crippen LogP contribution in [0.2, 0.25) is 0 Å². The molecule has 7 heteroatoms. The average Bonchev–Trinajstić information content (AvgIpc) is 2.96. The van der Waals surface area contributed by atoms with Crippen molar-refractivity contribution in [3.63, 3.8) is 0 Å². The van der Waals surface area contributed by atoms with Crippen molar-refractivity contribution in [3.05, 3.63) is 61.6 Å². The van der Waals surface area contributed by atoms with E-state index in [0.717, 1.165) is 14.3 Å². The zero-order chi connectivity index (χ0) is 15.5. The number of halogens is 1. The van der Waals surface area contributed by atoms with Crippen LogP contribution in [0.4, 0.5) is 0 Å². The smallest absolute Gasteiger partial charge is 0.212 e. The number of benzene rings is 2. The predicted molar refractivity (Wildman–Crippen MR) is 90.8 cm³/mol. The highest BCUT2D eigenvalue weighted by Gasteiger charge is 2.42. The molecule has 0 amide bonds. The molecule has 0 N–H and O–H groups in total. The van der Waals surface area contributed by atoms with E-state index in [0.29, 0.717) is 4.24 Å². The SMILES string of the molecule is O=C1C(=C2Sc3ccc(Br)cc3S2)S(=O)(=O)c2ccccc21. The number of hydrogen-bond acceptors (Lipinski definition) is 5. The molecular formula is C15H7BrO3S3. The molecule has 4 rings (SSSR count). The lowest BCUT2D eigenvalue weighted by atomic mass is 10.1. The summed E-state index contributed by atoms with van der Waals surface area (Å²) >= 11 is 6.08. The van der Waals surface area contributed by atoms with Crippen molar-refractivity contribution in [1.29, 1.82) is 0 Å². The van der Waals surface area contributed by atoms with Crippen molar-refractivity contribution in [3.8, 4) is 0 Å². The first-order chi connectivity index (χ1) is 10.5. The Kier molecular flexibility index (Phi) is 3.30. The largest absolute Gasteiger partial charge is 0.288 e. The van der Waals surface area contributed by atoms with E-state index in [9.17, 15) is 13.2 Å². The fourth-order valence-electron chi connectivity index (χ4n) is 2.40. The molecule has 0 atom stereocenters. The fraction of sp³-hybridized carbons (Fsp3) is 0. The van der Waals surface area contributed by atoms with Crippen LogP contribution in [0.25, 0.3) is 0 Å². The molecule has 0 spiro atoms. The highest BCUT2D eigenvalue weighted by atomic mass is 79.9. The molecular weight excluding hydrogens is 404 g/mol. The van der Waals surface area contributed by atoms with Gasteiger partial charge >= 0.3 is 0 Å². The van der Waals surface area contributed by atoms with Gasteiger partial charge in [-0.3, -0.25) is 4.79 Å². The second kappa shape index (κ2) is 4.99. The summed E-state index contributed by atoms with van der Waals surface area (Å²) in [4.78, 5) is 14.5. The minimum Gasteiger partial charge on any atom is -0.288 e. The molecule has 0 bridgehead atoms. The Hall–Kier alpha value is -1.02. The Morgan fingerprint density at radius 2 is 1.68 bits per heavy atom. The summed E-state index contributed by atoms with van der Waals surface area (Å²) in [5.41, 5.74) is 0.267. The van der Waals surface area contributed by atoms with Gasteiger partial charge in [0.15, 0.2) is 0 Å². The molecule has 0 radical (unpaired) electrons. The first-order valence-corrected chi connectivity index (χ1v) is 10.2. The Bertz CT molecular complexity index is 977. The van der Waals surface area contributed by atoms with Gasteiger partial charge in [0.25, 0.3) is 0 Å². The first kappa shape index (κ1) is 14.6. The van der Waals surface area contributed by atoms with E-state index in [1.807, 2.05) is 18.2 Å². The maximum absolute atomic E-state index is 12.7. The third-order valence-corrected chi connectivity index (χ3v) is 8.55. The van der Waals surface area contributed by atoms with E-state index >= 15 is 0 Å². The minimum atomic E-state index is -3.73. The maximum atomic E-state index is 12.7. The van der Waals surface area contributed by atoms with E-state index in [2.05, 4.69) is 15.9 Å². The van der Waals surface area contributed by atoms with Gasteiger partial charge in [0.05, 0.1) is 9.13 Å². The van der Waals surface area contributed by atoms with Crippen molar-refractivity contribution < 1.29 is 13.2 Å². The van der Waals surface area contributed by atoms with Crippen molar-refractivity contribution in [2.24, 2.45) is 0 Å². The molecule has 0 fully saturated rings. The lowest BCUT2D eigenvalue weighted by Crippen LogP contribution is -2.03. The summed E-state index contributed by atoms with van der Waals surface area (Å²) in [5, 5.41) is 0. The maximum Gasteiger partial charge on any atom is 0.212 e. The first-order valence-electron chi connectivity index (χ1n) is 6.27. The number of Topliss-reactive ketones (excluding diaryl/α,β-unsaturated/α-hetero) is 1. The molecule has 22 heavy (non-hydrogen) atoms. The molecule has 2 aromatic carbocycles. The molecule has 2 aliphatic heterocycles. The number of thioether (sulfide) groups is 2. The molecule has 0 saturated carbocycles. The van der Waals surface area contributed by atoms with Crippen molar-refractivity contribution in [1.82, 2.24) is 0 Å². The molecule has 2 aromatic rings. The number of carbonyl (C=O) groups is 1. The number of sulfone groups is 1. The summed E-state index contributed by atoms with van der Waals surface area (Å²) in [6, 6.07) is 12.1. The lowest BCUT2D eigenvalue weighted by molar-refractivity contribution is 0.104. The zero-order valence-electron chi connectivity index (χ0n) is 10.9. The van der Waals surface area contributed by atoms with Crippen molar-refractivity contribution in [2.75, 3.05) is 0 Å². The second-order valence-corrected chi connectivity index (χ2v) is 9.87. The van der Waals surface area contributed by atoms with Crippen LogP contribution in [0, 0.1) is 0 Å². The van der Waals surface area contributed by atoms with E-state index in [1.54, 1.807) is 18.2 Å². The average molecular weight is 411 g/mol. The quantitative estimate of drug-likeness (QED) is 0.598. The third-order valence-electron chi connectivity index (χ3n) is 3.39. The Balaban J connectivity index is 1.91. The monoisotopic (exact) mass is 410 g/mol. The summed E-state index contributed by atoms with van der Waals surface area (Å²) in [5.74, 6) is -0.405. The summed E-state index contributed by atoms with van der Waals surface area (Å²) in [6.07, 6.45) is 0. The van der Waals surface area contributed by atoms with E-state index in [1.165, 1.54) is 29.6 Å². The number of hydrogen-bond donors (Lipinski definition) is 0. The molecule has 110 valence electrons. The topological polar surface area (TPSA) is 51.2 Å². The van der Waals surface area contributed by atoms with Crippen molar-refractivity contribution in [2.45, 2.75) is 14.7 Å². The van der Waals surface area contributed by atoms with Gasteiger partial charge in [-0.15, -0.1) is 0 Å². The van der Waals surface area contributed by atoms with E-state index in [-0.39, 0.29) is 15.4 Å². The van der Waals surface area contributed by atoms with Crippen LogP contribution < -0.4 is 0 Å². The molecule has 0 unspecified atom stereocenters. The Morgan fingerprint density at radius 1 is 0.955 bits per heavy atom. The molecule has 0 aliphatic carbocycles. The molecule has 2 aliphatic rings. The van der Waals surface area contributed by atoms with Gasteiger partial charge in [-0.2, -0.15) is 0 Å². The van der Waals surface area contributed by atoms with E-state index in [4.69, 9.17) is 0 Å². The van der Waals surface area contributed by atoms with E-state index < -0.39 is 15.6 Å². The highest BCUT2D eigenvalue weighted by molar-refractivity contribution is 9.10. The van der Waals surface area contributed by atoms with Gasteiger partial charge in [0.1, 0.15) is 4.91 Å². The van der Waals surface area contributed by atoms with Gasteiger partial charge in [0.2, 0.25) is 15.6 Å². The Labute approximate surface area is 144 Å². The van der Waals surface area contributed by atoms with Crippen LogP contribution in [-0.4, -0.2) is 14.2 Å². The summed E-state index contributed by atoms with van der Waals surface area (Å²) in [6.45, 7) is 0. The number of ketones is 1. The highest BCUT2D eigenvalue weighted by Crippen LogP contribution is 2.55. The summed E-state index contributed by atoms with van der Waals surface area (Å²) < 4.78 is 26.8. The van der Waals surface area contributed by atoms with Gasteiger partial charge in [0, 0.05) is 19.8 Å². The molecule has 2 heterocycles. The van der Waals surface area contributed by atoms with Crippen molar-refractivity contribution >= 4 is 55.1 Å². The van der Waals surface area contributed by atoms with Crippen LogP contribution >= 0.6 is 39.5 Å². The number of rotatable bonds is 0. The van der Waals surface area contributed by atoms with Crippen LogP contribution in [0.1, 0.15) is 10.4 Å². The molecule has 0 aromatic heterocycles. The fourth-order valence-corrected chi connectivity index (χ4v) is 7.70.